The lowest BCUT2D eigenvalue weighted by Crippen LogP contribution is -2.35. The molecular weight excluding hydrogens is 287 g/mol. The van der Waals surface area contributed by atoms with Gasteiger partial charge in [0.1, 0.15) is 0 Å². The van der Waals surface area contributed by atoms with E-state index in [0.29, 0.717) is 15.6 Å². The van der Waals surface area contributed by atoms with E-state index in [-0.39, 0.29) is 18.4 Å². The minimum absolute atomic E-state index is 0.0372. The molecule has 1 aromatic rings. The number of nitrogens with zero attached hydrogens (tertiary/aromatic N) is 1. The highest BCUT2D eigenvalue weighted by Crippen LogP contribution is 2.21. The van der Waals surface area contributed by atoms with Crippen molar-refractivity contribution >= 4 is 41.1 Å². The molecule has 0 aliphatic heterocycles. The molecule has 0 atom stereocenters. The first-order chi connectivity index (χ1) is 8.90. The molecule has 2 amide bonds. The molecule has 0 saturated carbocycles. The molecule has 0 radical (unpaired) electrons. The van der Waals surface area contributed by atoms with Crippen LogP contribution in [0.25, 0.3) is 6.08 Å². The van der Waals surface area contributed by atoms with E-state index in [1.54, 1.807) is 38.4 Å². The first-order valence-electron chi connectivity index (χ1n) is 5.51. The fourth-order valence-corrected chi connectivity index (χ4v) is 1.65. The van der Waals surface area contributed by atoms with Gasteiger partial charge in [-0.1, -0.05) is 29.3 Å². The van der Waals surface area contributed by atoms with Crippen LogP contribution in [0, 0.1) is 0 Å². The van der Waals surface area contributed by atoms with Crippen LogP contribution in [-0.4, -0.2) is 37.4 Å². The average molecular weight is 301 g/mol. The van der Waals surface area contributed by atoms with E-state index < -0.39 is 0 Å². The Bertz CT molecular complexity index is 513. The third-order valence-corrected chi connectivity index (χ3v) is 2.85. The van der Waals surface area contributed by atoms with E-state index in [1.807, 2.05) is 0 Å². The maximum absolute atomic E-state index is 11.5. The van der Waals surface area contributed by atoms with Crippen LogP contribution >= 0.6 is 23.2 Å². The van der Waals surface area contributed by atoms with Crippen LogP contribution in [0.15, 0.2) is 24.3 Å². The number of halogens is 2. The Balaban J connectivity index is 2.56. The first kappa shape index (κ1) is 15.5. The summed E-state index contributed by atoms with van der Waals surface area (Å²) in [6.45, 7) is -0.0372. The van der Waals surface area contributed by atoms with Gasteiger partial charge in [0.25, 0.3) is 0 Å². The molecule has 102 valence electrons. The summed E-state index contributed by atoms with van der Waals surface area (Å²) in [7, 11) is 3.25. The molecule has 0 saturated heterocycles. The second-order valence-electron chi connectivity index (χ2n) is 4.01. The van der Waals surface area contributed by atoms with Crippen molar-refractivity contribution in [1.82, 2.24) is 10.2 Å². The van der Waals surface area contributed by atoms with Crippen LogP contribution in [0.4, 0.5) is 0 Å². The molecular formula is C13H14Cl2N2O2. The average Bonchev–Trinajstić information content (AvgIpc) is 2.34. The zero-order chi connectivity index (χ0) is 14.4. The Kier molecular flexibility index (Phi) is 5.86. The Hall–Kier alpha value is -1.52. The van der Waals surface area contributed by atoms with Gasteiger partial charge in [0, 0.05) is 30.2 Å². The maximum Gasteiger partial charge on any atom is 0.244 e. The highest BCUT2D eigenvalue weighted by atomic mass is 35.5. The lowest BCUT2D eigenvalue weighted by atomic mass is 10.2. The standard InChI is InChI=1S/C13H14Cl2N2O2/c1-17(2)13(19)8-16-12(18)6-4-9-3-5-10(14)7-11(9)15/h3-7H,8H2,1-2H3,(H,16,18)/b6-4+. The largest absolute Gasteiger partial charge is 0.347 e. The molecule has 0 aromatic heterocycles. The van der Waals surface area contributed by atoms with Crippen molar-refractivity contribution in [2.45, 2.75) is 0 Å². The van der Waals surface area contributed by atoms with E-state index in [4.69, 9.17) is 23.2 Å². The molecule has 0 unspecified atom stereocenters. The van der Waals surface area contributed by atoms with Gasteiger partial charge in [-0.15, -0.1) is 0 Å². The molecule has 0 fully saturated rings. The third-order valence-electron chi connectivity index (χ3n) is 2.29. The molecule has 1 rings (SSSR count). The van der Waals surface area contributed by atoms with Crippen molar-refractivity contribution < 1.29 is 9.59 Å². The van der Waals surface area contributed by atoms with Crippen molar-refractivity contribution in [3.05, 3.63) is 39.9 Å². The van der Waals surface area contributed by atoms with Gasteiger partial charge in [-0.05, 0) is 23.8 Å². The van der Waals surface area contributed by atoms with Crippen LogP contribution < -0.4 is 5.32 Å². The SMILES string of the molecule is CN(C)C(=O)CNC(=O)/C=C/c1ccc(Cl)cc1Cl. The molecule has 1 N–H and O–H groups in total. The van der Waals surface area contributed by atoms with Crippen molar-refractivity contribution in [3.8, 4) is 0 Å². The number of hydrogen-bond acceptors (Lipinski definition) is 2. The summed E-state index contributed by atoms with van der Waals surface area (Å²) in [5.74, 6) is -0.535. The van der Waals surface area contributed by atoms with Gasteiger partial charge in [-0.2, -0.15) is 0 Å². The summed E-state index contributed by atoms with van der Waals surface area (Å²) in [5.41, 5.74) is 0.681. The van der Waals surface area contributed by atoms with Crippen molar-refractivity contribution in [3.63, 3.8) is 0 Å². The molecule has 0 spiro atoms. The normalized spacial score (nSPS) is 10.5. The molecule has 19 heavy (non-hydrogen) atoms. The lowest BCUT2D eigenvalue weighted by molar-refractivity contribution is -0.129. The topological polar surface area (TPSA) is 49.4 Å². The van der Waals surface area contributed by atoms with Gasteiger partial charge < -0.3 is 10.2 Å². The Morgan fingerprint density at radius 2 is 2.00 bits per heavy atom. The Morgan fingerprint density at radius 1 is 1.32 bits per heavy atom. The van der Waals surface area contributed by atoms with Gasteiger partial charge in [-0.25, -0.2) is 0 Å². The second-order valence-corrected chi connectivity index (χ2v) is 4.85. The van der Waals surface area contributed by atoms with Crippen LogP contribution in [0.1, 0.15) is 5.56 Å². The van der Waals surface area contributed by atoms with Gasteiger partial charge in [0.15, 0.2) is 0 Å². The number of rotatable bonds is 4. The Morgan fingerprint density at radius 3 is 2.58 bits per heavy atom. The molecule has 1 aromatic carbocycles. The fourth-order valence-electron chi connectivity index (χ4n) is 1.18. The quantitative estimate of drug-likeness (QED) is 0.867. The first-order valence-corrected chi connectivity index (χ1v) is 6.27. The number of amides is 2. The van der Waals surface area contributed by atoms with Gasteiger partial charge in [0.2, 0.25) is 11.8 Å². The Labute approximate surface area is 122 Å². The van der Waals surface area contributed by atoms with Gasteiger partial charge in [0.05, 0.1) is 6.54 Å². The fraction of sp³-hybridized carbons (Fsp3) is 0.231. The minimum Gasteiger partial charge on any atom is -0.347 e. The summed E-state index contributed by atoms with van der Waals surface area (Å²) in [4.78, 5) is 24.2. The number of carbonyl (C=O) groups is 2. The zero-order valence-electron chi connectivity index (χ0n) is 10.6. The third kappa shape index (κ3) is 5.32. The van der Waals surface area contributed by atoms with Crippen molar-refractivity contribution in [2.75, 3.05) is 20.6 Å². The monoisotopic (exact) mass is 300 g/mol. The number of likely N-dealkylation sites (N-methyl/N-ethyl adjacent to an activating group) is 1. The maximum atomic E-state index is 11.5. The highest BCUT2D eigenvalue weighted by molar-refractivity contribution is 6.35. The van der Waals surface area contributed by atoms with E-state index >= 15 is 0 Å². The number of hydrogen-bond donors (Lipinski definition) is 1. The second kappa shape index (κ2) is 7.16. The summed E-state index contributed by atoms with van der Waals surface area (Å²) in [6, 6.07) is 4.98. The summed E-state index contributed by atoms with van der Waals surface area (Å²) in [5, 5.41) is 3.47. The molecule has 0 aliphatic carbocycles. The molecule has 0 bridgehead atoms. The summed E-state index contributed by atoms with van der Waals surface area (Å²) < 4.78 is 0. The van der Waals surface area contributed by atoms with Crippen LogP contribution in [0.3, 0.4) is 0 Å². The van der Waals surface area contributed by atoms with E-state index in [1.165, 1.54) is 11.0 Å². The predicted molar refractivity (Wildman–Crippen MR) is 77.2 cm³/mol. The van der Waals surface area contributed by atoms with E-state index in [2.05, 4.69) is 5.32 Å². The number of nitrogens with one attached hydrogen (secondary N) is 1. The summed E-state index contributed by atoms with van der Waals surface area (Å²) in [6.07, 6.45) is 2.88. The molecule has 0 aliphatic rings. The van der Waals surface area contributed by atoms with E-state index in [9.17, 15) is 9.59 Å². The van der Waals surface area contributed by atoms with Crippen molar-refractivity contribution in [1.29, 1.82) is 0 Å². The van der Waals surface area contributed by atoms with Crippen LogP contribution in [0.2, 0.25) is 10.0 Å². The minimum atomic E-state index is -0.360. The molecule has 6 heteroatoms. The number of benzene rings is 1. The van der Waals surface area contributed by atoms with Crippen LogP contribution in [-0.2, 0) is 9.59 Å². The number of carbonyl (C=O) groups excluding carboxylic acids is 2. The van der Waals surface area contributed by atoms with Crippen molar-refractivity contribution in [2.24, 2.45) is 0 Å². The van der Waals surface area contributed by atoms with E-state index in [0.717, 1.165) is 0 Å². The predicted octanol–water partition coefficient (Wildman–Crippen LogP) is 2.21. The smallest absolute Gasteiger partial charge is 0.244 e. The molecule has 4 nitrogen and oxygen atoms in total. The zero-order valence-corrected chi connectivity index (χ0v) is 12.1. The highest BCUT2D eigenvalue weighted by Gasteiger charge is 2.05. The lowest BCUT2D eigenvalue weighted by Gasteiger charge is -2.09. The van der Waals surface area contributed by atoms with Crippen LogP contribution in [0.5, 0.6) is 0 Å². The summed E-state index contributed by atoms with van der Waals surface area (Å²) >= 11 is 11.7. The molecule has 0 heterocycles. The van der Waals surface area contributed by atoms with Gasteiger partial charge >= 0.3 is 0 Å². The van der Waals surface area contributed by atoms with Gasteiger partial charge in [-0.3, -0.25) is 9.59 Å².